The van der Waals surface area contributed by atoms with Crippen molar-refractivity contribution in [1.82, 2.24) is 10.2 Å². The van der Waals surface area contributed by atoms with E-state index in [4.69, 9.17) is 10.5 Å². The maximum absolute atomic E-state index is 12.0. The summed E-state index contributed by atoms with van der Waals surface area (Å²) in [6.07, 6.45) is 1.96. The summed E-state index contributed by atoms with van der Waals surface area (Å²) in [7, 11) is 1.68. The van der Waals surface area contributed by atoms with E-state index in [1.165, 1.54) is 0 Å². The number of benzene rings is 1. The van der Waals surface area contributed by atoms with Gasteiger partial charge in [0.05, 0.1) is 13.2 Å². The number of nitrogens with zero attached hydrogens (tertiary/aromatic N) is 1. The summed E-state index contributed by atoms with van der Waals surface area (Å²) in [5, 5.41) is 2.97. The molecule has 1 fully saturated rings. The van der Waals surface area contributed by atoms with E-state index in [9.17, 15) is 4.79 Å². The molecule has 5 nitrogen and oxygen atoms in total. The lowest BCUT2D eigenvalue weighted by atomic mass is 10.1. The Kier molecular flexibility index (Phi) is 8.42. The zero-order valence-corrected chi connectivity index (χ0v) is 13.9. The van der Waals surface area contributed by atoms with Crippen LogP contribution in [0.2, 0.25) is 0 Å². The van der Waals surface area contributed by atoms with E-state index >= 15 is 0 Å². The first-order valence-electron chi connectivity index (χ1n) is 7.49. The molecule has 1 heterocycles. The summed E-state index contributed by atoms with van der Waals surface area (Å²) >= 11 is 0. The smallest absolute Gasteiger partial charge is 0.234 e. The van der Waals surface area contributed by atoms with E-state index < -0.39 is 0 Å². The highest BCUT2D eigenvalue weighted by atomic mass is 35.5. The van der Waals surface area contributed by atoms with Crippen LogP contribution in [-0.2, 0) is 22.7 Å². The van der Waals surface area contributed by atoms with Crippen molar-refractivity contribution in [3.05, 3.63) is 35.4 Å². The van der Waals surface area contributed by atoms with Crippen molar-refractivity contribution in [3.8, 4) is 0 Å². The first kappa shape index (κ1) is 18.9. The van der Waals surface area contributed by atoms with Crippen LogP contribution in [0.1, 0.15) is 24.0 Å². The van der Waals surface area contributed by atoms with Gasteiger partial charge in [0.1, 0.15) is 0 Å². The minimum atomic E-state index is 0. The molecule has 1 aliphatic rings. The predicted molar refractivity (Wildman–Crippen MR) is 89.9 cm³/mol. The topological polar surface area (TPSA) is 67.6 Å². The van der Waals surface area contributed by atoms with Gasteiger partial charge in [-0.3, -0.25) is 9.69 Å². The Morgan fingerprint density at radius 3 is 2.73 bits per heavy atom. The Hall–Kier alpha value is -1.14. The number of ether oxygens (including phenoxy) is 1. The van der Waals surface area contributed by atoms with Crippen molar-refractivity contribution in [2.24, 2.45) is 5.73 Å². The number of hydrogen-bond donors (Lipinski definition) is 2. The Labute approximate surface area is 138 Å². The molecule has 22 heavy (non-hydrogen) atoms. The number of carbonyl (C=O) groups excluding carboxylic acids is 1. The van der Waals surface area contributed by atoms with Gasteiger partial charge >= 0.3 is 0 Å². The molecule has 1 aromatic carbocycles. The third kappa shape index (κ3) is 6.32. The highest BCUT2D eigenvalue weighted by Gasteiger charge is 2.17. The molecule has 0 radical (unpaired) electrons. The molecule has 0 aliphatic carbocycles. The minimum Gasteiger partial charge on any atom is -0.380 e. The first-order valence-corrected chi connectivity index (χ1v) is 7.49. The number of nitrogens with one attached hydrogen (secondary N) is 1. The highest BCUT2D eigenvalue weighted by Crippen LogP contribution is 2.08. The standard InChI is InChI=1S/C16H25N3O2.ClH/c1-21-12-14-4-2-3-13(9-14)10-18-16(20)11-19-7-5-15(17)6-8-19;/h2-4,9,15H,5-8,10-12,17H2,1H3,(H,18,20);1H. The van der Waals surface area contributed by atoms with Gasteiger partial charge < -0.3 is 15.8 Å². The quantitative estimate of drug-likeness (QED) is 0.826. The molecule has 0 unspecified atom stereocenters. The van der Waals surface area contributed by atoms with E-state index in [0.29, 0.717) is 25.7 Å². The number of rotatable bonds is 6. The van der Waals surface area contributed by atoms with Crippen molar-refractivity contribution in [3.63, 3.8) is 0 Å². The summed E-state index contributed by atoms with van der Waals surface area (Å²) in [4.78, 5) is 14.1. The first-order chi connectivity index (χ1) is 10.2. The van der Waals surface area contributed by atoms with Gasteiger partial charge in [0.2, 0.25) is 5.91 Å². The Morgan fingerprint density at radius 2 is 2.05 bits per heavy atom. The summed E-state index contributed by atoms with van der Waals surface area (Å²) in [5.41, 5.74) is 8.08. The molecule has 1 aromatic rings. The number of halogens is 1. The number of likely N-dealkylation sites (tertiary alicyclic amines) is 1. The second-order valence-electron chi connectivity index (χ2n) is 5.64. The number of nitrogens with two attached hydrogens (primary N) is 1. The monoisotopic (exact) mass is 327 g/mol. The summed E-state index contributed by atoms with van der Waals surface area (Å²) in [6.45, 7) is 3.44. The van der Waals surface area contributed by atoms with Crippen molar-refractivity contribution < 1.29 is 9.53 Å². The van der Waals surface area contributed by atoms with E-state index in [-0.39, 0.29) is 18.3 Å². The normalized spacial score (nSPS) is 16.1. The van der Waals surface area contributed by atoms with Crippen LogP contribution in [0, 0.1) is 0 Å². The van der Waals surface area contributed by atoms with Crippen molar-refractivity contribution >= 4 is 18.3 Å². The lowest BCUT2D eigenvalue weighted by molar-refractivity contribution is -0.122. The fourth-order valence-electron chi connectivity index (χ4n) is 2.57. The van der Waals surface area contributed by atoms with Crippen LogP contribution < -0.4 is 11.1 Å². The van der Waals surface area contributed by atoms with Gasteiger partial charge in [0.15, 0.2) is 0 Å². The summed E-state index contributed by atoms with van der Waals surface area (Å²) in [5.74, 6) is 0.0719. The Bertz CT molecular complexity index is 462. The second kappa shape index (κ2) is 9.79. The fraction of sp³-hybridized carbons (Fsp3) is 0.562. The van der Waals surface area contributed by atoms with Gasteiger partial charge in [0, 0.05) is 32.8 Å². The maximum Gasteiger partial charge on any atom is 0.234 e. The van der Waals surface area contributed by atoms with E-state index in [1.54, 1.807) is 7.11 Å². The van der Waals surface area contributed by atoms with Crippen LogP contribution >= 0.6 is 12.4 Å². The molecule has 0 spiro atoms. The van der Waals surface area contributed by atoms with E-state index in [2.05, 4.69) is 16.3 Å². The third-order valence-corrected chi connectivity index (χ3v) is 3.79. The molecule has 2 rings (SSSR count). The minimum absolute atomic E-state index is 0. The Balaban J connectivity index is 0.00000242. The lowest BCUT2D eigenvalue weighted by Crippen LogP contribution is -2.44. The maximum atomic E-state index is 12.0. The second-order valence-corrected chi connectivity index (χ2v) is 5.64. The molecule has 0 bridgehead atoms. The van der Waals surface area contributed by atoms with Crippen molar-refractivity contribution in [2.75, 3.05) is 26.7 Å². The van der Waals surface area contributed by atoms with Crippen molar-refractivity contribution in [2.45, 2.75) is 32.0 Å². The molecule has 1 amide bonds. The molecule has 0 aromatic heterocycles. The van der Waals surface area contributed by atoms with Gasteiger partial charge in [-0.1, -0.05) is 24.3 Å². The largest absolute Gasteiger partial charge is 0.380 e. The predicted octanol–water partition coefficient (Wildman–Crippen LogP) is 1.29. The number of hydrogen-bond acceptors (Lipinski definition) is 4. The van der Waals surface area contributed by atoms with E-state index in [1.807, 2.05) is 18.2 Å². The molecule has 0 saturated carbocycles. The van der Waals surface area contributed by atoms with E-state index in [0.717, 1.165) is 37.1 Å². The van der Waals surface area contributed by atoms with Crippen LogP contribution in [0.4, 0.5) is 0 Å². The van der Waals surface area contributed by atoms with Gasteiger partial charge in [-0.15, -0.1) is 12.4 Å². The summed E-state index contributed by atoms with van der Waals surface area (Å²) < 4.78 is 5.11. The highest BCUT2D eigenvalue weighted by molar-refractivity contribution is 5.85. The number of amides is 1. The molecule has 1 saturated heterocycles. The number of carbonyl (C=O) groups is 1. The molecule has 6 heteroatoms. The van der Waals surface area contributed by atoms with Crippen molar-refractivity contribution in [1.29, 1.82) is 0 Å². The number of methoxy groups -OCH3 is 1. The van der Waals surface area contributed by atoms with Crippen LogP contribution in [-0.4, -0.2) is 43.6 Å². The molecule has 0 atom stereocenters. The molecule has 124 valence electrons. The fourth-order valence-corrected chi connectivity index (χ4v) is 2.57. The van der Waals surface area contributed by atoms with Gasteiger partial charge in [-0.05, 0) is 24.0 Å². The van der Waals surface area contributed by atoms with Crippen LogP contribution in [0.15, 0.2) is 24.3 Å². The van der Waals surface area contributed by atoms with Crippen LogP contribution in [0.25, 0.3) is 0 Å². The molecule has 1 aliphatic heterocycles. The molecule has 3 N–H and O–H groups in total. The third-order valence-electron chi connectivity index (χ3n) is 3.79. The molecular formula is C16H26ClN3O2. The van der Waals surface area contributed by atoms with Gasteiger partial charge in [-0.2, -0.15) is 0 Å². The lowest BCUT2D eigenvalue weighted by Gasteiger charge is -2.29. The number of piperidine rings is 1. The average Bonchev–Trinajstić information content (AvgIpc) is 2.48. The summed E-state index contributed by atoms with van der Waals surface area (Å²) in [6, 6.07) is 8.38. The van der Waals surface area contributed by atoms with Gasteiger partial charge in [0.25, 0.3) is 0 Å². The van der Waals surface area contributed by atoms with Crippen LogP contribution in [0.5, 0.6) is 0 Å². The van der Waals surface area contributed by atoms with Gasteiger partial charge in [-0.25, -0.2) is 0 Å². The average molecular weight is 328 g/mol. The molecular weight excluding hydrogens is 302 g/mol. The van der Waals surface area contributed by atoms with Crippen LogP contribution in [0.3, 0.4) is 0 Å². The zero-order chi connectivity index (χ0) is 15.1. The zero-order valence-electron chi connectivity index (χ0n) is 13.1. The SMILES string of the molecule is COCc1cccc(CNC(=O)CN2CCC(N)CC2)c1.Cl. The Morgan fingerprint density at radius 1 is 1.36 bits per heavy atom.